The first-order valence-corrected chi connectivity index (χ1v) is 9.89. The smallest absolute Gasteiger partial charge is 0.324 e. The van der Waals surface area contributed by atoms with Crippen LogP contribution in [0.3, 0.4) is 0 Å². The SMILES string of the molecule is CC(C)[C@](C)(C#N)NC(=O)COC(=O)[C@@H](Sc1ccccc1)c1ccccc1. The van der Waals surface area contributed by atoms with Gasteiger partial charge in [-0.05, 0) is 30.5 Å². The molecule has 0 aliphatic carbocycles. The molecule has 2 rings (SSSR count). The lowest BCUT2D eigenvalue weighted by Gasteiger charge is -2.27. The van der Waals surface area contributed by atoms with Gasteiger partial charge in [0.15, 0.2) is 6.61 Å². The van der Waals surface area contributed by atoms with Crippen LogP contribution in [0.5, 0.6) is 0 Å². The maximum Gasteiger partial charge on any atom is 0.324 e. The van der Waals surface area contributed by atoms with Crippen molar-refractivity contribution in [3.8, 4) is 6.07 Å². The second-order valence-corrected chi connectivity index (χ2v) is 8.02. The maximum atomic E-state index is 12.7. The van der Waals surface area contributed by atoms with E-state index < -0.39 is 29.3 Å². The topological polar surface area (TPSA) is 79.2 Å². The summed E-state index contributed by atoms with van der Waals surface area (Å²) in [5.41, 5.74) is -0.216. The summed E-state index contributed by atoms with van der Waals surface area (Å²) in [4.78, 5) is 25.9. The van der Waals surface area contributed by atoms with E-state index in [1.165, 1.54) is 11.8 Å². The molecular weight excluding hydrogens is 372 g/mol. The number of carbonyl (C=O) groups is 2. The monoisotopic (exact) mass is 396 g/mol. The number of benzene rings is 2. The number of esters is 1. The average Bonchev–Trinajstić information content (AvgIpc) is 2.71. The van der Waals surface area contributed by atoms with Gasteiger partial charge in [0.1, 0.15) is 10.8 Å². The van der Waals surface area contributed by atoms with Gasteiger partial charge in [-0.25, -0.2) is 0 Å². The predicted molar refractivity (Wildman–Crippen MR) is 109 cm³/mol. The van der Waals surface area contributed by atoms with Crippen molar-refractivity contribution in [1.82, 2.24) is 5.32 Å². The number of nitriles is 1. The van der Waals surface area contributed by atoms with Crippen molar-refractivity contribution in [2.24, 2.45) is 5.92 Å². The van der Waals surface area contributed by atoms with Crippen LogP contribution in [0.2, 0.25) is 0 Å². The Morgan fingerprint density at radius 2 is 1.68 bits per heavy atom. The van der Waals surface area contributed by atoms with Gasteiger partial charge < -0.3 is 10.1 Å². The number of thioether (sulfide) groups is 1. The fourth-order valence-electron chi connectivity index (χ4n) is 2.35. The van der Waals surface area contributed by atoms with E-state index in [2.05, 4.69) is 11.4 Å². The zero-order chi connectivity index (χ0) is 20.6. The summed E-state index contributed by atoms with van der Waals surface area (Å²) in [6, 6.07) is 20.9. The molecule has 28 heavy (non-hydrogen) atoms. The van der Waals surface area contributed by atoms with E-state index in [9.17, 15) is 14.9 Å². The van der Waals surface area contributed by atoms with Crippen molar-refractivity contribution in [3.05, 3.63) is 66.2 Å². The fraction of sp³-hybridized carbons (Fsp3) is 0.318. The van der Waals surface area contributed by atoms with Crippen LogP contribution < -0.4 is 5.32 Å². The van der Waals surface area contributed by atoms with Crippen LogP contribution in [-0.4, -0.2) is 24.0 Å². The number of nitrogens with zero attached hydrogens (tertiary/aromatic N) is 1. The molecule has 0 saturated carbocycles. The third-order valence-corrected chi connectivity index (χ3v) is 5.69. The minimum Gasteiger partial charge on any atom is -0.454 e. The van der Waals surface area contributed by atoms with Crippen LogP contribution in [0.1, 0.15) is 31.6 Å². The number of nitrogens with one attached hydrogen (secondary N) is 1. The number of rotatable bonds is 8. The summed E-state index contributed by atoms with van der Waals surface area (Å²) in [6.45, 7) is 4.91. The fourth-order valence-corrected chi connectivity index (χ4v) is 3.40. The van der Waals surface area contributed by atoms with E-state index >= 15 is 0 Å². The Morgan fingerprint density at radius 1 is 1.11 bits per heavy atom. The van der Waals surface area contributed by atoms with E-state index in [-0.39, 0.29) is 5.92 Å². The third kappa shape index (κ3) is 5.86. The van der Waals surface area contributed by atoms with Gasteiger partial charge in [-0.3, -0.25) is 9.59 Å². The van der Waals surface area contributed by atoms with Crippen LogP contribution >= 0.6 is 11.8 Å². The Kier molecular flexibility index (Phi) is 7.65. The molecule has 1 amide bonds. The molecule has 2 aromatic carbocycles. The highest BCUT2D eigenvalue weighted by molar-refractivity contribution is 8.00. The first-order valence-electron chi connectivity index (χ1n) is 9.01. The quantitative estimate of drug-likeness (QED) is 0.536. The van der Waals surface area contributed by atoms with Gasteiger partial charge in [0.05, 0.1) is 6.07 Å². The lowest BCUT2D eigenvalue weighted by atomic mass is 9.90. The van der Waals surface area contributed by atoms with Crippen molar-refractivity contribution in [3.63, 3.8) is 0 Å². The van der Waals surface area contributed by atoms with Gasteiger partial charge in [-0.15, -0.1) is 11.8 Å². The Labute approximate surface area is 170 Å². The summed E-state index contributed by atoms with van der Waals surface area (Å²) >= 11 is 1.37. The minimum absolute atomic E-state index is 0.0807. The van der Waals surface area contributed by atoms with Crippen LogP contribution in [0.15, 0.2) is 65.6 Å². The molecular formula is C22H24N2O3S. The van der Waals surface area contributed by atoms with Crippen LogP contribution in [0.4, 0.5) is 0 Å². The van der Waals surface area contributed by atoms with Crippen LogP contribution in [0, 0.1) is 17.2 Å². The largest absolute Gasteiger partial charge is 0.454 e. The molecule has 2 aromatic rings. The van der Waals surface area contributed by atoms with E-state index in [1.54, 1.807) is 6.92 Å². The Morgan fingerprint density at radius 3 is 2.21 bits per heavy atom. The van der Waals surface area contributed by atoms with Crippen LogP contribution in [-0.2, 0) is 14.3 Å². The number of ether oxygens (including phenoxy) is 1. The van der Waals surface area contributed by atoms with E-state index in [4.69, 9.17) is 4.74 Å². The zero-order valence-corrected chi connectivity index (χ0v) is 17.0. The first-order chi connectivity index (χ1) is 13.4. The molecule has 0 saturated heterocycles. The third-order valence-electron chi connectivity index (χ3n) is 4.45. The lowest BCUT2D eigenvalue weighted by Crippen LogP contribution is -2.50. The zero-order valence-electron chi connectivity index (χ0n) is 16.2. The van der Waals surface area contributed by atoms with Crippen LogP contribution in [0.25, 0.3) is 0 Å². The second-order valence-electron chi connectivity index (χ2n) is 6.85. The molecule has 0 fully saturated rings. The summed E-state index contributed by atoms with van der Waals surface area (Å²) in [6.07, 6.45) is 0. The molecule has 5 nitrogen and oxygen atoms in total. The van der Waals surface area contributed by atoms with Gasteiger partial charge in [0.25, 0.3) is 5.91 Å². The van der Waals surface area contributed by atoms with Gasteiger partial charge in [0, 0.05) is 4.90 Å². The van der Waals surface area contributed by atoms with Crippen molar-refractivity contribution in [2.45, 2.75) is 36.5 Å². The molecule has 1 N–H and O–H groups in total. The highest BCUT2D eigenvalue weighted by atomic mass is 32.2. The number of hydrogen-bond acceptors (Lipinski definition) is 5. The predicted octanol–water partition coefficient (Wildman–Crippen LogP) is 4.12. The molecule has 0 aliphatic rings. The highest BCUT2D eigenvalue weighted by Gasteiger charge is 2.31. The van der Waals surface area contributed by atoms with Crippen molar-refractivity contribution >= 4 is 23.6 Å². The number of amides is 1. The summed E-state index contributed by atoms with van der Waals surface area (Å²) in [5, 5.41) is 11.4. The second kappa shape index (κ2) is 9.95. The highest BCUT2D eigenvalue weighted by Crippen LogP contribution is 2.36. The summed E-state index contributed by atoms with van der Waals surface area (Å²) < 4.78 is 5.28. The number of carbonyl (C=O) groups excluding carboxylic acids is 2. The summed E-state index contributed by atoms with van der Waals surface area (Å²) in [7, 11) is 0. The Bertz CT molecular complexity index is 834. The van der Waals surface area contributed by atoms with Gasteiger partial charge in [0.2, 0.25) is 0 Å². The molecule has 0 aromatic heterocycles. The Hall–Kier alpha value is -2.78. The molecule has 0 aliphatic heterocycles. The molecule has 2 atom stereocenters. The number of hydrogen-bond donors (Lipinski definition) is 1. The molecule has 0 heterocycles. The molecule has 0 radical (unpaired) electrons. The van der Waals surface area contributed by atoms with Crippen molar-refractivity contribution < 1.29 is 14.3 Å². The molecule has 6 heteroatoms. The molecule has 0 spiro atoms. The van der Waals surface area contributed by atoms with Gasteiger partial charge >= 0.3 is 5.97 Å². The lowest BCUT2D eigenvalue weighted by molar-refractivity contribution is -0.148. The van der Waals surface area contributed by atoms with E-state index in [0.717, 1.165) is 10.5 Å². The molecule has 146 valence electrons. The first kappa shape index (κ1) is 21.5. The average molecular weight is 397 g/mol. The van der Waals surface area contributed by atoms with Crippen molar-refractivity contribution in [2.75, 3.05) is 6.61 Å². The van der Waals surface area contributed by atoms with Gasteiger partial charge in [-0.1, -0.05) is 62.4 Å². The summed E-state index contributed by atoms with van der Waals surface area (Å²) in [5.74, 6) is -1.08. The van der Waals surface area contributed by atoms with E-state index in [0.29, 0.717) is 0 Å². The molecule has 0 unspecified atom stereocenters. The van der Waals surface area contributed by atoms with E-state index in [1.807, 2.05) is 74.5 Å². The normalized spacial score (nSPS) is 13.8. The standard InChI is InChI=1S/C22H24N2O3S/c1-16(2)22(3,15-23)24-19(25)14-27-21(26)20(17-10-6-4-7-11-17)28-18-12-8-5-9-13-18/h4-13,16,20H,14H2,1-3H3,(H,24,25)/t20-,22-/m0/s1. The molecule has 0 bridgehead atoms. The van der Waals surface area contributed by atoms with Gasteiger partial charge in [-0.2, -0.15) is 5.26 Å². The van der Waals surface area contributed by atoms with Crippen molar-refractivity contribution in [1.29, 1.82) is 5.26 Å². The Balaban J connectivity index is 2.07. The minimum atomic E-state index is -1.01. The maximum absolute atomic E-state index is 12.7.